The molecule has 9 heteroatoms. The third-order valence-electron chi connectivity index (χ3n) is 4.89. The number of carbonyl (C=O) groups excluding carboxylic acids is 1. The second kappa shape index (κ2) is 7.33. The van der Waals surface area contributed by atoms with Crippen LogP contribution in [-0.2, 0) is 29.3 Å². The number of hydrogen-bond donors (Lipinski definition) is 1. The minimum Gasteiger partial charge on any atom is -0.378 e. The smallest absolute Gasteiger partial charge is 0.378 e. The van der Waals surface area contributed by atoms with Crippen molar-refractivity contribution in [1.29, 1.82) is 0 Å². The fourth-order valence-electron chi connectivity index (χ4n) is 3.31. The Kier molecular flexibility index (Phi) is 5.33. The molecule has 1 N–H and O–H groups in total. The van der Waals surface area contributed by atoms with E-state index in [1.807, 2.05) is 0 Å². The largest absolute Gasteiger partial charge is 0.435 e. The molecule has 1 amide bonds. The first-order valence-corrected chi connectivity index (χ1v) is 8.54. The fourth-order valence-corrected chi connectivity index (χ4v) is 3.31. The second-order valence-electron chi connectivity index (χ2n) is 6.77. The standard InChI is InChI=1S/C16H23F3N4O2/c1-22-9-12(14(21-22)16(17,18)19)7-20-15(24)13-10-25-6-5-23(13)8-11-3-2-4-11/h9,11,13H,2-8,10H2,1H3,(H,20,24). The van der Waals surface area contributed by atoms with E-state index in [-0.39, 0.29) is 24.6 Å². The van der Waals surface area contributed by atoms with Crippen molar-refractivity contribution in [1.82, 2.24) is 20.0 Å². The molecular weight excluding hydrogens is 337 g/mol. The van der Waals surface area contributed by atoms with Crippen molar-refractivity contribution in [3.63, 3.8) is 0 Å². The number of alkyl halides is 3. The van der Waals surface area contributed by atoms with Crippen LogP contribution in [0.4, 0.5) is 13.2 Å². The first-order valence-electron chi connectivity index (χ1n) is 8.54. The van der Waals surface area contributed by atoms with E-state index in [1.54, 1.807) is 0 Å². The molecule has 2 heterocycles. The quantitative estimate of drug-likeness (QED) is 0.866. The molecule has 1 saturated carbocycles. The fraction of sp³-hybridized carbons (Fsp3) is 0.750. The Balaban J connectivity index is 1.61. The van der Waals surface area contributed by atoms with E-state index in [0.29, 0.717) is 19.1 Å². The van der Waals surface area contributed by atoms with Crippen LogP contribution in [0.15, 0.2) is 6.20 Å². The summed E-state index contributed by atoms with van der Waals surface area (Å²) in [5.41, 5.74) is -0.993. The molecule has 1 aromatic rings. The Morgan fingerprint density at radius 1 is 1.44 bits per heavy atom. The zero-order valence-electron chi connectivity index (χ0n) is 14.2. The lowest BCUT2D eigenvalue weighted by Gasteiger charge is -2.39. The van der Waals surface area contributed by atoms with E-state index in [9.17, 15) is 18.0 Å². The van der Waals surface area contributed by atoms with Crippen molar-refractivity contribution in [2.75, 3.05) is 26.3 Å². The SMILES string of the molecule is Cn1cc(CNC(=O)C2COCCN2CC2CCC2)c(C(F)(F)F)n1. The van der Waals surface area contributed by atoms with Crippen molar-refractivity contribution < 1.29 is 22.7 Å². The Morgan fingerprint density at radius 2 is 2.20 bits per heavy atom. The normalized spacial score (nSPS) is 22.6. The number of aryl methyl sites for hydroxylation is 1. The summed E-state index contributed by atoms with van der Waals surface area (Å²) >= 11 is 0. The van der Waals surface area contributed by atoms with Crippen molar-refractivity contribution in [3.8, 4) is 0 Å². The molecular formula is C16H23F3N4O2. The molecule has 6 nitrogen and oxygen atoms in total. The van der Waals surface area contributed by atoms with E-state index in [0.717, 1.165) is 11.2 Å². The van der Waals surface area contributed by atoms with Gasteiger partial charge < -0.3 is 10.1 Å². The van der Waals surface area contributed by atoms with Gasteiger partial charge in [0.1, 0.15) is 6.04 Å². The Bertz CT molecular complexity index is 613. The van der Waals surface area contributed by atoms with Gasteiger partial charge in [0.15, 0.2) is 5.69 Å². The molecule has 1 aliphatic carbocycles. The first-order chi connectivity index (χ1) is 11.8. The number of aromatic nitrogens is 2. The number of nitrogens with zero attached hydrogens (tertiary/aromatic N) is 3. The van der Waals surface area contributed by atoms with Crippen LogP contribution in [0.25, 0.3) is 0 Å². The topological polar surface area (TPSA) is 59.4 Å². The molecule has 2 aliphatic rings. The maximum atomic E-state index is 13.0. The number of halogens is 3. The van der Waals surface area contributed by atoms with Gasteiger partial charge >= 0.3 is 6.18 Å². The molecule has 140 valence electrons. The lowest BCUT2D eigenvalue weighted by Crippen LogP contribution is -2.55. The summed E-state index contributed by atoms with van der Waals surface area (Å²) in [4.78, 5) is 14.6. The van der Waals surface area contributed by atoms with E-state index < -0.39 is 17.9 Å². The zero-order chi connectivity index (χ0) is 18.0. The molecule has 1 unspecified atom stereocenters. The first kappa shape index (κ1) is 18.2. The van der Waals surface area contributed by atoms with Crippen LogP contribution in [0.3, 0.4) is 0 Å². The highest BCUT2D eigenvalue weighted by atomic mass is 19.4. The molecule has 3 rings (SSSR count). The number of morpholine rings is 1. The van der Waals surface area contributed by atoms with Crippen LogP contribution < -0.4 is 5.32 Å². The summed E-state index contributed by atoms with van der Waals surface area (Å²) in [6.07, 6.45) is 0.331. The molecule has 1 aromatic heterocycles. The monoisotopic (exact) mass is 360 g/mol. The van der Waals surface area contributed by atoms with Gasteiger partial charge in [-0.1, -0.05) is 6.42 Å². The van der Waals surface area contributed by atoms with E-state index >= 15 is 0 Å². The minimum atomic E-state index is -4.54. The van der Waals surface area contributed by atoms with Crippen molar-refractivity contribution in [3.05, 3.63) is 17.5 Å². The van der Waals surface area contributed by atoms with Gasteiger partial charge in [0.05, 0.1) is 13.2 Å². The molecule has 2 fully saturated rings. The summed E-state index contributed by atoms with van der Waals surface area (Å²) in [6, 6.07) is -0.444. The summed E-state index contributed by atoms with van der Waals surface area (Å²) in [5, 5.41) is 6.07. The van der Waals surface area contributed by atoms with Crippen molar-refractivity contribution in [2.24, 2.45) is 13.0 Å². The maximum Gasteiger partial charge on any atom is 0.435 e. The Labute approximate surface area is 144 Å². The van der Waals surface area contributed by atoms with Gasteiger partial charge in [0.2, 0.25) is 5.91 Å². The van der Waals surface area contributed by atoms with Crippen molar-refractivity contribution in [2.45, 2.75) is 38.0 Å². The summed E-state index contributed by atoms with van der Waals surface area (Å²) in [6.45, 7) is 2.18. The van der Waals surface area contributed by atoms with E-state index in [1.165, 1.54) is 32.5 Å². The molecule has 0 aromatic carbocycles. The van der Waals surface area contributed by atoms with Crippen LogP contribution >= 0.6 is 0 Å². The van der Waals surface area contributed by atoms with E-state index in [4.69, 9.17) is 4.74 Å². The number of carbonyl (C=O) groups is 1. The number of hydrogen-bond acceptors (Lipinski definition) is 4. The van der Waals surface area contributed by atoms with Gasteiger partial charge in [0, 0.05) is 38.4 Å². The molecule has 1 aliphatic heterocycles. The molecule has 1 atom stereocenters. The molecule has 25 heavy (non-hydrogen) atoms. The lowest BCUT2D eigenvalue weighted by molar-refractivity contribution is -0.142. The third-order valence-corrected chi connectivity index (χ3v) is 4.89. The second-order valence-corrected chi connectivity index (χ2v) is 6.77. The van der Waals surface area contributed by atoms with Gasteiger partial charge in [-0.2, -0.15) is 18.3 Å². The Hall–Kier alpha value is -1.61. The predicted octanol–water partition coefficient (Wildman–Crippen LogP) is 1.56. The number of amides is 1. The van der Waals surface area contributed by atoms with Crippen LogP contribution in [0.2, 0.25) is 0 Å². The molecule has 0 radical (unpaired) electrons. The molecule has 0 bridgehead atoms. The molecule has 1 saturated heterocycles. The number of rotatable bonds is 5. The Morgan fingerprint density at radius 3 is 2.84 bits per heavy atom. The maximum absolute atomic E-state index is 13.0. The summed E-state index contributed by atoms with van der Waals surface area (Å²) in [7, 11) is 1.43. The zero-order valence-corrected chi connectivity index (χ0v) is 14.2. The predicted molar refractivity (Wildman–Crippen MR) is 83.6 cm³/mol. The minimum absolute atomic E-state index is 0.0365. The van der Waals surface area contributed by atoms with Crippen molar-refractivity contribution >= 4 is 5.91 Å². The number of ether oxygens (including phenoxy) is 1. The number of nitrogens with one attached hydrogen (secondary N) is 1. The van der Waals surface area contributed by atoms with Crippen LogP contribution in [0.1, 0.15) is 30.5 Å². The highest BCUT2D eigenvalue weighted by molar-refractivity contribution is 5.82. The third kappa shape index (κ3) is 4.33. The lowest BCUT2D eigenvalue weighted by atomic mass is 9.84. The van der Waals surface area contributed by atoms with Gasteiger partial charge in [-0.3, -0.25) is 14.4 Å². The van der Waals surface area contributed by atoms with Gasteiger partial charge in [0.25, 0.3) is 0 Å². The average molecular weight is 360 g/mol. The molecule has 0 spiro atoms. The van der Waals surface area contributed by atoms with Gasteiger partial charge in [-0.15, -0.1) is 0 Å². The summed E-state index contributed by atoms with van der Waals surface area (Å²) in [5.74, 6) is 0.319. The van der Waals surface area contributed by atoms with Gasteiger partial charge in [-0.25, -0.2) is 0 Å². The van der Waals surface area contributed by atoms with E-state index in [2.05, 4.69) is 15.3 Å². The van der Waals surface area contributed by atoms with Gasteiger partial charge in [-0.05, 0) is 18.8 Å². The average Bonchev–Trinajstić information content (AvgIpc) is 2.90. The van der Waals surface area contributed by atoms with Crippen LogP contribution in [0, 0.1) is 5.92 Å². The highest BCUT2D eigenvalue weighted by Crippen LogP contribution is 2.31. The highest BCUT2D eigenvalue weighted by Gasteiger charge is 2.37. The van der Waals surface area contributed by atoms with Crippen LogP contribution in [-0.4, -0.2) is 52.9 Å². The summed E-state index contributed by atoms with van der Waals surface area (Å²) < 4.78 is 45.4. The van der Waals surface area contributed by atoms with Crippen LogP contribution in [0.5, 0.6) is 0 Å².